The minimum atomic E-state index is -3.47. The Kier molecular flexibility index (Phi) is 6.33. The molecule has 0 heterocycles. The molecule has 0 atom stereocenters. The van der Waals surface area contributed by atoms with Gasteiger partial charge in [-0.2, -0.15) is 4.31 Å². The van der Waals surface area contributed by atoms with Crippen molar-refractivity contribution < 1.29 is 13.2 Å². The van der Waals surface area contributed by atoms with Crippen molar-refractivity contribution in [3.05, 3.63) is 65.2 Å². The summed E-state index contributed by atoms with van der Waals surface area (Å²) in [5.74, 6) is -0.342. The van der Waals surface area contributed by atoms with Crippen molar-refractivity contribution in [3.63, 3.8) is 0 Å². The van der Waals surface area contributed by atoms with E-state index in [2.05, 4.69) is 5.32 Å². The minimum absolute atomic E-state index is 0.195. The monoisotopic (exact) mass is 360 g/mol. The zero-order valence-corrected chi connectivity index (χ0v) is 15.6. The van der Waals surface area contributed by atoms with Gasteiger partial charge in [0.15, 0.2) is 0 Å². The Bertz CT molecular complexity index is 833. The molecule has 1 N–H and O–H groups in total. The molecule has 0 aliphatic heterocycles. The number of amides is 1. The Morgan fingerprint density at radius 2 is 1.76 bits per heavy atom. The van der Waals surface area contributed by atoms with E-state index < -0.39 is 10.0 Å². The maximum absolute atomic E-state index is 12.3. The normalized spacial score (nSPS) is 11.5. The highest BCUT2D eigenvalue weighted by Crippen LogP contribution is 2.16. The summed E-state index contributed by atoms with van der Waals surface area (Å²) in [4.78, 5) is 12.3. The van der Waals surface area contributed by atoms with Crippen molar-refractivity contribution in [3.8, 4) is 0 Å². The van der Waals surface area contributed by atoms with Crippen molar-refractivity contribution in [1.29, 1.82) is 0 Å². The van der Waals surface area contributed by atoms with E-state index in [1.807, 2.05) is 62.4 Å². The Hall–Kier alpha value is -2.18. The van der Waals surface area contributed by atoms with E-state index in [9.17, 15) is 13.2 Å². The van der Waals surface area contributed by atoms with E-state index >= 15 is 0 Å². The number of hydrogen-bond acceptors (Lipinski definition) is 3. The summed E-state index contributed by atoms with van der Waals surface area (Å²) in [5, 5.41) is 2.79. The van der Waals surface area contributed by atoms with Crippen LogP contribution in [0.25, 0.3) is 0 Å². The first-order valence-electron chi connectivity index (χ1n) is 8.12. The molecule has 25 heavy (non-hydrogen) atoms. The van der Waals surface area contributed by atoms with Crippen LogP contribution in [0.15, 0.2) is 48.5 Å². The molecule has 0 aliphatic rings. The summed E-state index contributed by atoms with van der Waals surface area (Å²) in [5.41, 5.74) is 3.79. The van der Waals surface area contributed by atoms with Crippen LogP contribution >= 0.6 is 0 Å². The molecule has 2 aromatic rings. The number of carbonyl (C=O) groups is 1. The van der Waals surface area contributed by atoms with Crippen LogP contribution in [0.3, 0.4) is 0 Å². The topological polar surface area (TPSA) is 66.5 Å². The first-order chi connectivity index (χ1) is 11.8. The van der Waals surface area contributed by atoms with Gasteiger partial charge in [0, 0.05) is 12.2 Å². The van der Waals surface area contributed by atoms with Gasteiger partial charge >= 0.3 is 0 Å². The summed E-state index contributed by atoms with van der Waals surface area (Å²) < 4.78 is 25.2. The average Bonchev–Trinajstić information content (AvgIpc) is 2.54. The number of anilines is 1. The van der Waals surface area contributed by atoms with Gasteiger partial charge in [-0.05, 0) is 37.5 Å². The van der Waals surface area contributed by atoms with Gasteiger partial charge in [-0.1, -0.05) is 48.0 Å². The highest BCUT2D eigenvalue weighted by Gasteiger charge is 2.20. The van der Waals surface area contributed by atoms with E-state index in [0.717, 1.165) is 22.9 Å². The van der Waals surface area contributed by atoms with Gasteiger partial charge < -0.3 is 5.32 Å². The SMILES string of the molecule is Cc1ccc(NC(=O)CN(CCc2ccccc2)S(C)(=O)=O)c(C)c1. The third-order valence-electron chi connectivity index (χ3n) is 3.94. The zero-order chi connectivity index (χ0) is 18.4. The lowest BCUT2D eigenvalue weighted by atomic mass is 10.1. The van der Waals surface area contributed by atoms with E-state index in [1.165, 1.54) is 4.31 Å². The van der Waals surface area contributed by atoms with Crippen molar-refractivity contribution in [2.24, 2.45) is 0 Å². The molecule has 0 bridgehead atoms. The predicted octanol–water partition coefficient (Wildman–Crippen LogP) is 2.75. The van der Waals surface area contributed by atoms with E-state index in [0.29, 0.717) is 12.1 Å². The maximum Gasteiger partial charge on any atom is 0.239 e. The second kappa shape index (κ2) is 8.27. The molecule has 0 aliphatic carbocycles. The Balaban J connectivity index is 2.02. The number of nitrogens with zero attached hydrogens (tertiary/aromatic N) is 1. The van der Waals surface area contributed by atoms with Crippen LogP contribution in [-0.4, -0.2) is 38.0 Å². The number of hydrogen-bond donors (Lipinski definition) is 1. The first kappa shape index (κ1) is 19.1. The van der Waals surface area contributed by atoms with E-state index in [1.54, 1.807) is 0 Å². The molecule has 2 aromatic carbocycles. The maximum atomic E-state index is 12.3. The molecule has 0 saturated heterocycles. The van der Waals surface area contributed by atoms with Gasteiger partial charge in [-0.3, -0.25) is 4.79 Å². The summed E-state index contributed by atoms with van der Waals surface area (Å²) in [6.45, 7) is 3.96. The number of nitrogens with one attached hydrogen (secondary N) is 1. The molecule has 134 valence electrons. The van der Waals surface area contributed by atoms with Crippen LogP contribution in [-0.2, 0) is 21.2 Å². The highest BCUT2D eigenvalue weighted by molar-refractivity contribution is 7.88. The summed E-state index contributed by atoms with van der Waals surface area (Å²) >= 11 is 0. The average molecular weight is 360 g/mol. The Labute approximate surface area is 149 Å². The van der Waals surface area contributed by atoms with Crippen molar-refractivity contribution in [1.82, 2.24) is 4.31 Å². The third kappa shape index (κ3) is 5.99. The van der Waals surface area contributed by atoms with Crippen LogP contribution in [0.1, 0.15) is 16.7 Å². The Morgan fingerprint density at radius 1 is 1.08 bits per heavy atom. The van der Waals surface area contributed by atoms with E-state index in [4.69, 9.17) is 0 Å². The van der Waals surface area contributed by atoms with Crippen molar-refractivity contribution in [2.45, 2.75) is 20.3 Å². The fraction of sp³-hybridized carbons (Fsp3) is 0.316. The summed E-state index contributed by atoms with van der Waals surface area (Å²) in [6, 6.07) is 15.3. The minimum Gasteiger partial charge on any atom is -0.325 e. The second-order valence-electron chi connectivity index (χ2n) is 6.20. The van der Waals surface area contributed by atoms with Gasteiger partial charge in [0.2, 0.25) is 15.9 Å². The summed E-state index contributed by atoms with van der Waals surface area (Å²) in [6.07, 6.45) is 1.69. The number of aryl methyl sites for hydroxylation is 2. The number of sulfonamides is 1. The zero-order valence-electron chi connectivity index (χ0n) is 14.8. The van der Waals surface area contributed by atoms with Gasteiger partial charge in [0.1, 0.15) is 0 Å². The molecular weight excluding hydrogens is 336 g/mol. The smallest absolute Gasteiger partial charge is 0.239 e. The molecule has 0 radical (unpaired) electrons. The molecule has 0 aromatic heterocycles. The largest absolute Gasteiger partial charge is 0.325 e. The van der Waals surface area contributed by atoms with Crippen LogP contribution in [0.5, 0.6) is 0 Å². The van der Waals surface area contributed by atoms with Crippen LogP contribution in [0.2, 0.25) is 0 Å². The van der Waals surface area contributed by atoms with Crippen LogP contribution in [0, 0.1) is 13.8 Å². The number of carbonyl (C=O) groups excluding carboxylic acids is 1. The lowest BCUT2D eigenvalue weighted by Gasteiger charge is -2.20. The van der Waals surface area contributed by atoms with E-state index in [-0.39, 0.29) is 19.0 Å². The molecular formula is C19H24N2O3S. The fourth-order valence-electron chi connectivity index (χ4n) is 2.56. The second-order valence-corrected chi connectivity index (χ2v) is 8.18. The molecule has 1 amide bonds. The standard InChI is InChI=1S/C19H24N2O3S/c1-15-9-10-18(16(2)13-15)20-19(22)14-21(25(3,23)24)12-11-17-7-5-4-6-8-17/h4-10,13H,11-12,14H2,1-3H3,(H,20,22). The summed E-state index contributed by atoms with van der Waals surface area (Å²) in [7, 11) is -3.47. The van der Waals surface area contributed by atoms with Gasteiger partial charge in [-0.25, -0.2) is 8.42 Å². The molecule has 0 saturated carbocycles. The molecule has 2 rings (SSSR count). The lowest BCUT2D eigenvalue weighted by Crippen LogP contribution is -2.38. The Morgan fingerprint density at radius 3 is 2.36 bits per heavy atom. The lowest BCUT2D eigenvalue weighted by molar-refractivity contribution is -0.116. The molecule has 0 spiro atoms. The number of benzene rings is 2. The van der Waals surface area contributed by atoms with Crippen LogP contribution < -0.4 is 5.32 Å². The van der Waals surface area contributed by atoms with Gasteiger partial charge in [0.25, 0.3) is 0 Å². The predicted molar refractivity (Wildman–Crippen MR) is 101 cm³/mol. The van der Waals surface area contributed by atoms with Crippen molar-refractivity contribution in [2.75, 3.05) is 24.7 Å². The van der Waals surface area contributed by atoms with Crippen LogP contribution in [0.4, 0.5) is 5.69 Å². The van der Waals surface area contributed by atoms with Gasteiger partial charge in [-0.15, -0.1) is 0 Å². The van der Waals surface area contributed by atoms with Crippen molar-refractivity contribution >= 4 is 21.6 Å². The highest BCUT2D eigenvalue weighted by atomic mass is 32.2. The molecule has 5 nitrogen and oxygen atoms in total. The van der Waals surface area contributed by atoms with Gasteiger partial charge in [0.05, 0.1) is 12.8 Å². The molecule has 0 unspecified atom stereocenters. The first-order valence-corrected chi connectivity index (χ1v) is 9.96. The number of rotatable bonds is 7. The third-order valence-corrected chi connectivity index (χ3v) is 5.19. The fourth-order valence-corrected chi connectivity index (χ4v) is 3.34. The molecule has 6 heteroatoms. The molecule has 0 fully saturated rings. The quantitative estimate of drug-likeness (QED) is 0.826.